The predicted octanol–water partition coefficient (Wildman–Crippen LogP) is 12.0. The van der Waals surface area contributed by atoms with E-state index in [0.29, 0.717) is 11.5 Å². The third-order valence-electron chi connectivity index (χ3n) is 7.05. The van der Waals surface area contributed by atoms with Crippen molar-refractivity contribution in [1.29, 1.82) is 0 Å². The minimum atomic E-state index is -1.71. The Kier molecular flexibility index (Phi) is 17.6. The third kappa shape index (κ3) is 11.4. The number of aromatic hydroxyl groups is 2. The van der Waals surface area contributed by atoms with E-state index in [0.717, 1.165) is 23.6 Å². The summed E-state index contributed by atoms with van der Waals surface area (Å²) in [6.45, 7) is 17.7. The van der Waals surface area contributed by atoms with E-state index in [9.17, 15) is 5.11 Å². The zero-order chi connectivity index (χ0) is 29.6. The lowest BCUT2D eigenvalue weighted by Gasteiger charge is -2.31. The van der Waals surface area contributed by atoms with Crippen LogP contribution in [0.4, 0.5) is 0 Å². The van der Waals surface area contributed by atoms with Crippen LogP contribution in [0.5, 0.6) is 11.5 Å². The lowest BCUT2D eigenvalue weighted by atomic mass is 9.82. The first-order chi connectivity index (χ1) is 18.7. The summed E-state index contributed by atoms with van der Waals surface area (Å²) >= 11 is 0. The Morgan fingerprint density at radius 2 is 0.932 bits per heavy atom. The number of phenolic OH excluding ortho intramolecular Hbond substituents is 2. The van der Waals surface area contributed by atoms with Crippen molar-refractivity contribution < 1.29 is 14.3 Å². The SMILES string of the molecule is C.C.C.C.CC1(C)c2ccccc2-c2ccccc21.CCc1ccccc1O.C[Si](C)(C)O[Si](C)(C)Cc1ccccc1O. The Balaban J connectivity index is 0. The summed E-state index contributed by atoms with van der Waals surface area (Å²) < 4.78 is 6.25. The first-order valence-corrected chi connectivity index (χ1v) is 20.7. The largest absolute Gasteiger partial charge is 0.508 e. The van der Waals surface area contributed by atoms with Crippen LogP contribution < -0.4 is 0 Å². The van der Waals surface area contributed by atoms with Crippen molar-refractivity contribution in [3.05, 3.63) is 119 Å². The van der Waals surface area contributed by atoms with Crippen LogP contribution in [0.15, 0.2) is 97.1 Å². The normalized spacial score (nSPS) is 12.0. The first kappa shape index (κ1) is 43.0. The Labute approximate surface area is 273 Å². The van der Waals surface area contributed by atoms with E-state index in [2.05, 4.69) is 95.1 Å². The predicted molar refractivity (Wildman–Crippen MR) is 202 cm³/mol. The van der Waals surface area contributed by atoms with E-state index >= 15 is 0 Å². The molecule has 3 nitrogen and oxygen atoms in total. The second kappa shape index (κ2) is 18.0. The molecule has 1 aliphatic carbocycles. The molecule has 0 spiro atoms. The molecular weight excluding hydrogens is 573 g/mol. The zero-order valence-corrected chi connectivity index (χ0v) is 27.5. The molecule has 0 aromatic heterocycles. The molecule has 5 heteroatoms. The molecule has 4 aromatic carbocycles. The summed E-state index contributed by atoms with van der Waals surface area (Å²) in [7, 11) is -3.19. The molecule has 0 saturated carbocycles. The fourth-order valence-corrected chi connectivity index (χ4v) is 13.6. The van der Waals surface area contributed by atoms with Crippen molar-refractivity contribution in [1.82, 2.24) is 0 Å². The third-order valence-corrected chi connectivity index (χ3v) is 12.9. The molecule has 0 radical (unpaired) electrons. The highest BCUT2D eigenvalue weighted by atomic mass is 28.4. The molecule has 0 fully saturated rings. The molecular formula is C39H62O3Si2. The van der Waals surface area contributed by atoms with Gasteiger partial charge in [-0.05, 0) is 90.7 Å². The molecule has 244 valence electrons. The number of hydrogen-bond donors (Lipinski definition) is 2. The van der Waals surface area contributed by atoms with Gasteiger partial charge in [0, 0.05) is 5.41 Å². The van der Waals surface area contributed by atoms with Crippen LogP contribution >= 0.6 is 0 Å². The summed E-state index contributed by atoms with van der Waals surface area (Å²) in [6.07, 6.45) is 0.896. The molecule has 2 N–H and O–H groups in total. The Hall–Kier alpha value is -3.13. The average Bonchev–Trinajstić information content (AvgIpc) is 3.12. The van der Waals surface area contributed by atoms with Crippen LogP contribution in [0.2, 0.25) is 32.7 Å². The Bertz CT molecular complexity index is 1360. The molecule has 0 unspecified atom stereocenters. The minimum Gasteiger partial charge on any atom is -0.508 e. The Morgan fingerprint density at radius 1 is 0.568 bits per heavy atom. The topological polar surface area (TPSA) is 49.7 Å². The lowest BCUT2D eigenvalue weighted by molar-refractivity contribution is 0.467. The van der Waals surface area contributed by atoms with Crippen LogP contribution in [0.25, 0.3) is 11.1 Å². The molecule has 0 heterocycles. The molecule has 44 heavy (non-hydrogen) atoms. The van der Waals surface area contributed by atoms with E-state index in [1.807, 2.05) is 43.3 Å². The molecule has 5 rings (SSSR count). The minimum absolute atomic E-state index is 0. The van der Waals surface area contributed by atoms with Gasteiger partial charge in [-0.1, -0.05) is 135 Å². The molecule has 0 bridgehead atoms. The maximum atomic E-state index is 9.75. The molecule has 4 aromatic rings. The van der Waals surface area contributed by atoms with Crippen LogP contribution in [0, 0.1) is 0 Å². The van der Waals surface area contributed by atoms with Crippen molar-refractivity contribution in [2.45, 2.75) is 101 Å². The van der Waals surface area contributed by atoms with E-state index in [1.165, 1.54) is 22.3 Å². The summed E-state index contributed by atoms with van der Waals surface area (Å²) in [6, 6.07) is 33.3. The maximum Gasteiger partial charge on any atom is 0.177 e. The molecule has 0 atom stereocenters. The van der Waals surface area contributed by atoms with Crippen molar-refractivity contribution in [2.75, 3.05) is 0 Å². The number of fused-ring (bicyclic) bond motifs is 3. The van der Waals surface area contributed by atoms with Gasteiger partial charge in [-0.15, -0.1) is 0 Å². The zero-order valence-electron chi connectivity index (χ0n) is 25.5. The number of rotatable bonds is 5. The average molecular weight is 635 g/mol. The van der Waals surface area contributed by atoms with E-state index in [-0.39, 0.29) is 35.1 Å². The van der Waals surface area contributed by atoms with Crippen LogP contribution in [-0.4, -0.2) is 26.8 Å². The first-order valence-electron chi connectivity index (χ1n) is 14.2. The van der Waals surface area contributed by atoms with Gasteiger partial charge in [0.25, 0.3) is 0 Å². The van der Waals surface area contributed by atoms with Gasteiger partial charge in [0.1, 0.15) is 11.5 Å². The number of para-hydroxylation sites is 2. The van der Waals surface area contributed by atoms with Gasteiger partial charge < -0.3 is 14.3 Å². The van der Waals surface area contributed by atoms with Crippen molar-refractivity contribution in [3.63, 3.8) is 0 Å². The lowest BCUT2D eigenvalue weighted by Crippen LogP contribution is -2.44. The van der Waals surface area contributed by atoms with Crippen molar-refractivity contribution in [3.8, 4) is 22.6 Å². The van der Waals surface area contributed by atoms with Crippen LogP contribution in [-0.2, 0) is 22.0 Å². The van der Waals surface area contributed by atoms with E-state index < -0.39 is 16.6 Å². The fourth-order valence-electron chi connectivity index (χ4n) is 5.46. The number of aryl methyl sites for hydroxylation is 1. The van der Waals surface area contributed by atoms with E-state index in [1.54, 1.807) is 12.1 Å². The monoisotopic (exact) mass is 634 g/mol. The quantitative estimate of drug-likeness (QED) is 0.215. The van der Waals surface area contributed by atoms with Crippen LogP contribution in [0.3, 0.4) is 0 Å². The highest BCUT2D eigenvalue weighted by Gasteiger charge is 2.34. The summed E-state index contributed by atoms with van der Waals surface area (Å²) in [4.78, 5) is 0. The van der Waals surface area contributed by atoms with Gasteiger partial charge in [0.05, 0.1) is 0 Å². The van der Waals surface area contributed by atoms with E-state index in [4.69, 9.17) is 9.22 Å². The number of phenols is 2. The van der Waals surface area contributed by atoms with Gasteiger partial charge in [-0.2, -0.15) is 0 Å². The number of hydrogen-bond acceptors (Lipinski definition) is 3. The number of benzene rings is 4. The van der Waals surface area contributed by atoms with Gasteiger partial charge in [0.15, 0.2) is 16.6 Å². The highest BCUT2D eigenvalue weighted by molar-refractivity contribution is 6.84. The van der Waals surface area contributed by atoms with Crippen molar-refractivity contribution >= 4 is 16.6 Å². The fraction of sp³-hybridized carbons (Fsp3) is 0.385. The van der Waals surface area contributed by atoms with Gasteiger partial charge in [0.2, 0.25) is 0 Å². The molecule has 0 aliphatic heterocycles. The van der Waals surface area contributed by atoms with Crippen LogP contribution in [0.1, 0.15) is 72.7 Å². The molecule has 1 aliphatic rings. The van der Waals surface area contributed by atoms with Crippen molar-refractivity contribution in [2.24, 2.45) is 0 Å². The van der Waals surface area contributed by atoms with Gasteiger partial charge >= 0.3 is 0 Å². The second-order valence-electron chi connectivity index (χ2n) is 12.5. The standard InChI is InChI=1S/C15H14.C12H22O2Si2.C8H10O.4CH4/c1-15(2)13-9-5-3-7-11(13)12-8-4-6-10-14(12)15;1-15(2,3)14-16(4,5)10-11-8-6-7-9-12(11)13;1-2-7-5-3-4-6-8(7)9;;;;/h3-10H,1-2H3;6-9,13H,10H2,1-5H3;3-6,9H,2H2,1H3;4*1H4. The second-order valence-corrected chi connectivity index (χ2v) is 21.4. The van der Waals surface area contributed by atoms with Gasteiger partial charge in [-0.25, -0.2) is 0 Å². The smallest absolute Gasteiger partial charge is 0.177 e. The van der Waals surface area contributed by atoms with Gasteiger partial charge in [-0.3, -0.25) is 0 Å². The molecule has 0 amide bonds. The Morgan fingerprint density at radius 3 is 1.30 bits per heavy atom. The summed E-state index contributed by atoms with van der Waals surface area (Å²) in [5.41, 5.74) is 7.89. The highest BCUT2D eigenvalue weighted by Crippen LogP contribution is 2.48. The molecule has 0 saturated heterocycles. The maximum absolute atomic E-state index is 9.75. The summed E-state index contributed by atoms with van der Waals surface area (Å²) in [5.74, 6) is 0.794. The summed E-state index contributed by atoms with van der Waals surface area (Å²) in [5, 5.41) is 18.9.